The Hall–Kier alpha value is -1.03. The van der Waals surface area contributed by atoms with Crippen LogP contribution in [-0.4, -0.2) is 21.7 Å². The van der Waals surface area contributed by atoms with Crippen LogP contribution in [0.2, 0.25) is 5.02 Å². The van der Waals surface area contributed by atoms with Crippen molar-refractivity contribution in [2.75, 3.05) is 0 Å². The van der Waals surface area contributed by atoms with E-state index in [1.165, 1.54) is 0 Å². The maximum atomic E-state index is 11.6. The van der Waals surface area contributed by atoms with Crippen LogP contribution < -0.4 is 5.32 Å². The number of amides is 1. The molecule has 0 fully saturated rings. The van der Waals surface area contributed by atoms with E-state index in [9.17, 15) is 4.79 Å². The molecule has 0 bridgehead atoms. The second-order valence-corrected chi connectivity index (χ2v) is 4.71. The molecule has 0 aliphatic heterocycles. The summed E-state index contributed by atoms with van der Waals surface area (Å²) in [5, 5.41) is 7.90. The number of nitrogens with one attached hydrogen (secondary N) is 1. The van der Waals surface area contributed by atoms with Gasteiger partial charge >= 0.3 is 0 Å². The predicted octanol–water partition coefficient (Wildman–Crippen LogP) is 2.46. The molecule has 1 N–H and O–H groups in total. The van der Waals surface area contributed by atoms with Crippen molar-refractivity contribution in [3.8, 4) is 0 Å². The molecule has 1 rings (SSSR count). The van der Waals surface area contributed by atoms with Crippen LogP contribution in [0, 0.1) is 13.8 Å². The van der Waals surface area contributed by atoms with Crippen LogP contribution in [0.5, 0.6) is 0 Å². The molecule has 1 heterocycles. The van der Waals surface area contributed by atoms with E-state index in [0.29, 0.717) is 18.0 Å². The van der Waals surface area contributed by atoms with Gasteiger partial charge in [-0.1, -0.05) is 18.5 Å². The number of hydrogen-bond acceptors (Lipinski definition) is 2. The van der Waals surface area contributed by atoms with Crippen molar-refractivity contribution in [1.29, 1.82) is 0 Å². The van der Waals surface area contributed by atoms with Crippen molar-refractivity contribution in [1.82, 2.24) is 15.1 Å². The normalized spacial score (nSPS) is 12.5. The van der Waals surface area contributed by atoms with Gasteiger partial charge in [0.15, 0.2) is 0 Å². The van der Waals surface area contributed by atoms with E-state index < -0.39 is 0 Å². The lowest BCUT2D eigenvalue weighted by molar-refractivity contribution is -0.121. The first-order chi connectivity index (χ1) is 7.95. The van der Waals surface area contributed by atoms with Crippen molar-refractivity contribution < 1.29 is 4.79 Å². The maximum Gasteiger partial charge on any atom is 0.222 e. The Labute approximate surface area is 107 Å². The van der Waals surface area contributed by atoms with Gasteiger partial charge in [0.25, 0.3) is 0 Å². The number of aryl methyl sites for hydroxylation is 2. The standard InChI is InChI=1S/C12H20ClN3O/c1-5-8(2)14-11(17)6-7-16-10(4)12(13)9(3)15-16/h8H,5-7H2,1-4H3,(H,14,17)/t8-/m1/s1. The molecule has 17 heavy (non-hydrogen) atoms. The van der Waals surface area contributed by atoms with Crippen molar-refractivity contribution in [3.63, 3.8) is 0 Å². The van der Waals surface area contributed by atoms with Gasteiger partial charge in [-0.25, -0.2) is 0 Å². The quantitative estimate of drug-likeness (QED) is 0.881. The Balaban J connectivity index is 2.50. The van der Waals surface area contributed by atoms with E-state index in [4.69, 9.17) is 11.6 Å². The molecule has 0 aromatic carbocycles. The Kier molecular flexibility index (Phi) is 5.00. The second-order valence-electron chi connectivity index (χ2n) is 4.33. The predicted molar refractivity (Wildman–Crippen MR) is 69.2 cm³/mol. The third kappa shape index (κ3) is 3.73. The lowest BCUT2D eigenvalue weighted by Gasteiger charge is -2.11. The zero-order valence-corrected chi connectivity index (χ0v) is 11.6. The van der Waals surface area contributed by atoms with Crippen LogP contribution in [-0.2, 0) is 11.3 Å². The van der Waals surface area contributed by atoms with Crippen LogP contribution in [0.1, 0.15) is 38.1 Å². The van der Waals surface area contributed by atoms with Gasteiger partial charge in [-0.15, -0.1) is 0 Å². The molecule has 1 atom stereocenters. The lowest BCUT2D eigenvalue weighted by atomic mass is 10.2. The lowest BCUT2D eigenvalue weighted by Crippen LogP contribution is -2.32. The largest absolute Gasteiger partial charge is 0.354 e. The van der Waals surface area contributed by atoms with E-state index in [2.05, 4.69) is 10.4 Å². The maximum absolute atomic E-state index is 11.6. The number of carbonyl (C=O) groups is 1. The molecule has 0 aliphatic rings. The summed E-state index contributed by atoms with van der Waals surface area (Å²) in [6.45, 7) is 8.39. The fraction of sp³-hybridized carbons (Fsp3) is 0.667. The SMILES string of the molecule is CC[C@@H](C)NC(=O)CCn1nc(C)c(Cl)c1C. The monoisotopic (exact) mass is 257 g/mol. The molecular formula is C12H20ClN3O. The first kappa shape index (κ1) is 14.0. The highest BCUT2D eigenvalue weighted by Gasteiger charge is 2.11. The van der Waals surface area contributed by atoms with Gasteiger partial charge in [0.1, 0.15) is 0 Å². The summed E-state index contributed by atoms with van der Waals surface area (Å²) in [5.41, 5.74) is 1.73. The smallest absolute Gasteiger partial charge is 0.222 e. The van der Waals surface area contributed by atoms with E-state index >= 15 is 0 Å². The Morgan fingerprint density at radius 2 is 2.18 bits per heavy atom. The fourth-order valence-electron chi connectivity index (χ4n) is 1.55. The highest BCUT2D eigenvalue weighted by atomic mass is 35.5. The first-order valence-electron chi connectivity index (χ1n) is 5.94. The second kappa shape index (κ2) is 6.05. The van der Waals surface area contributed by atoms with Gasteiger partial charge in [0, 0.05) is 12.5 Å². The molecule has 0 unspecified atom stereocenters. The molecular weight excluding hydrogens is 238 g/mol. The number of hydrogen-bond donors (Lipinski definition) is 1. The molecule has 5 heteroatoms. The summed E-state index contributed by atoms with van der Waals surface area (Å²) < 4.78 is 1.79. The van der Waals surface area contributed by atoms with Gasteiger partial charge in [-0.05, 0) is 27.2 Å². The molecule has 4 nitrogen and oxygen atoms in total. The first-order valence-corrected chi connectivity index (χ1v) is 6.32. The summed E-state index contributed by atoms with van der Waals surface area (Å²) in [4.78, 5) is 11.6. The number of nitrogens with zero attached hydrogens (tertiary/aromatic N) is 2. The van der Waals surface area contributed by atoms with E-state index in [1.807, 2.05) is 27.7 Å². The van der Waals surface area contributed by atoms with Crippen LogP contribution >= 0.6 is 11.6 Å². The number of rotatable bonds is 5. The summed E-state index contributed by atoms with van der Waals surface area (Å²) in [5.74, 6) is 0.0584. The summed E-state index contributed by atoms with van der Waals surface area (Å²) >= 11 is 6.04. The number of halogens is 1. The molecule has 1 amide bonds. The minimum atomic E-state index is 0.0584. The summed E-state index contributed by atoms with van der Waals surface area (Å²) in [7, 11) is 0. The Morgan fingerprint density at radius 3 is 2.65 bits per heavy atom. The van der Waals surface area contributed by atoms with Crippen molar-refractivity contribution in [2.24, 2.45) is 0 Å². The Bertz CT molecular complexity index is 401. The highest BCUT2D eigenvalue weighted by molar-refractivity contribution is 6.31. The van der Waals surface area contributed by atoms with Gasteiger partial charge in [-0.3, -0.25) is 9.48 Å². The Morgan fingerprint density at radius 1 is 1.53 bits per heavy atom. The number of aromatic nitrogens is 2. The fourth-order valence-corrected chi connectivity index (χ4v) is 1.68. The molecule has 96 valence electrons. The molecule has 0 aliphatic carbocycles. The number of carbonyl (C=O) groups excluding carboxylic acids is 1. The zero-order chi connectivity index (χ0) is 13.0. The molecule has 0 saturated heterocycles. The van der Waals surface area contributed by atoms with Crippen LogP contribution in [0.4, 0.5) is 0 Å². The summed E-state index contributed by atoms with van der Waals surface area (Å²) in [6.07, 6.45) is 1.38. The van der Waals surface area contributed by atoms with E-state index in [-0.39, 0.29) is 11.9 Å². The molecule has 1 aromatic heterocycles. The van der Waals surface area contributed by atoms with E-state index in [1.54, 1.807) is 4.68 Å². The van der Waals surface area contributed by atoms with Gasteiger partial charge < -0.3 is 5.32 Å². The average Bonchev–Trinajstić information content (AvgIpc) is 2.54. The van der Waals surface area contributed by atoms with Gasteiger partial charge in [-0.2, -0.15) is 5.10 Å². The topological polar surface area (TPSA) is 46.9 Å². The van der Waals surface area contributed by atoms with Crippen LogP contribution in [0.3, 0.4) is 0 Å². The van der Waals surface area contributed by atoms with Crippen LogP contribution in [0.15, 0.2) is 0 Å². The molecule has 0 spiro atoms. The minimum Gasteiger partial charge on any atom is -0.354 e. The molecule has 0 radical (unpaired) electrons. The van der Waals surface area contributed by atoms with E-state index in [0.717, 1.165) is 17.8 Å². The third-order valence-electron chi connectivity index (χ3n) is 2.86. The molecule has 0 saturated carbocycles. The van der Waals surface area contributed by atoms with Gasteiger partial charge in [0.2, 0.25) is 5.91 Å². The molecule has 1 aromatic rings. The van der Waals surface area contributed by atoms with Crippen molar-refractivity contribution >= 4 is 17.5 Å². The van der Waals surface area contributed by atoms with Crippen LogP contribution in [0.25, 0.3) is 0 Å². The minimum absolute atomic E-state index is 0.0584. The van der Waals surface area contributed by atoms with Crippen molar-refractivity contribution in [2.45, 2.75) is 53.1 Å². The van der Waals surface area contributed by atoms with Crippen molar-refractivity contribution in [3.05, 3.63) is 16.4 Å². The van der Waals surface area contributed by atoms with Gasteiger partial charge in [0.05, 0.1) is 23.0 Å². The third-order valence-corrected chi connectivity index (χ3v) is 3.41. The summed E-state index contributed by atoms with van der Waals surface area (Å²) in [6, 6.07) is 0.228. The zero-order valence-electron chi connectivity index (χ0n) is 10.9. The average molecular weight is 258 g/mol. The highest BCUT2D eigenvalue weighted by Crippen LogP contribution is 2.18.